The maximum absolute atomic E-state index is 11.1. The summed E-state index contributed by atoms with van der Waals surface area (Å²) in [7, 11) is 1.48. The number of benzene rings is 1. The van der Waals surface area contributed by atoms with E-state index < -0.39 is 11.0 Å². The predicted molar refractivity (Wildman–Crippen MR) is 60.9 cm³/mol. The van der Waals surface area contributed by atoms with E-state index in [2.05, 4.69) is 0 Å². The predicted octanol–water partition coefficient (Wildman–Crippen LogP) is 0.855. The van der Waals surface area contributed by atoms with Crippen molar-refractivity contribution in [2.45, 2.75) is 6.10 Å². The summed E-state index contributed by atoms with van der Waals surface area (Å²) in [6.07, 6.45) is -0.768. The van der Waals surface area contributed by atoms with Crippen LogP contribution >= 0.6 is 11.3 Å². The van der Waals surface area contributed by atoms with E-state index >= 15 is 0 Å². The number of methoxy groups -OCH3 is 1. The molecular formula is C10H11NO4S. The molecule has 6 heteroatoms. The molecule has 0 aliphatic carbocycles. The molecule has 1 aromatic heterocycles. The normalized spacial score (nSPS) is 12.9. The quantitative estimate of drug-likeness (QED) is 0.832. The van der Waals surface area contributed by atoms with Crippen LogP contribution < -0.4 is 15.4 Å². The van der Waals surface area contributed by atoms with Gasteiger partial charge in [-0.2, -0.15) is 0 Å². The van der Waals surface area contributed by atoms with Crippen molar-refractivity contribution in [2.75, 3.05) is 13.7 Å². The highest BCUT2D eigenvalue weighted by Crippen LogP contribution is 2.31. The fourth-order valence-electron chi connectivity index (χ4n) is 1.45. The van der Waals surface area contributed by atoms with Crippen molar-refractivity contribution >= 4 is 21.6 Å². The van der Waals surface area contributed by atoms with Crippen molar-refractivity contribution in [3.8, 4) is 5.75 Å². The number of hydrogen-bond acceptors (Lipinski definition) is 6. The van der Waals surface area contributed by atoms with Gasteiger partial charge in [-0.1, -0.05) is 11.3 Å². The highest BCUT2D eigenvalue weighted by molar-refractivity contribution is 7.16. The van der Waals surface area contributed by atoms with Gasteiger partial charge in [0.15, 0.2) is 11.3 Å². The van der Waals surface area contributed by atoms with E-state index in [1.54, 1.807) is 12.1 Å². The Labute approximate surface area is 95.1 Å². The summed E-state index contributed by atoms with van der Waals surface area (Å²) in [4.78, 5) is 10.7. The number of nitrogens with two attached hydrogens (primary N) is 1. The molecule has 0 fully saturated rings. The van der Waals surface area contributed by atoms with Crippen LogP contribution in [0.1, 0.15) is 11.7 Å². The molecule has 0 radical (unpaired) electrons. The molecule has 0 amide bonds. The van der Waals surface area contributed by atoms with Crippen LogP contribution in [0.25, 0.3) is 10.3 Å². The highest BCUT2D eigenvalue weighted by atomic mass is 32.1. The molecule has 0 aliphatic rings. The van der Waals surface area contributed by atoms with Crippen LogP contribution in [-0.4, -0.2) is 18.8 Å². The van der Waals surface area contributed by atoms with Gasteiger partial charge in [-0.25, -0.2) is 4.79 Å². The molecule has 86 valence electrons. The topological polar surface area (TPSA) is 85.7 Å². The van der Waals surface area contributed by atoms with Gasteiger partial charge in [0.1, 0.15) is 0 Å². The van der Waals surface area contributed by atoms with Crippen LogP contribution in [0.5, 0.6) is 5.75 Å². The Morgan fingerprint density at radius 2 is 2.38 bits per heavy atom. The van der Waals surface area contributed by atoms with Gasteiger partial charge < -0.3 is 20.0 Å². The maximum atomic E-state index is 11.1. The Morgan fingerprint density at radius 3 is 3.00 bits per heavy atom. The molecule has 1 heterocycles. The molecular weight excluding hydrogens is 230 g/mol. The van der Waals surface area contributed by atoms with Gasteiger partial charge in [0.05, 0.1) is 17.9 Å². The van der Waals surface area contributed by atoms with Gasteiger partial charge in [-0.05, 0) is 17.7 Å². The van der Waals surface area contributed by atoms with E-state index in [1.165, 1.54) is 7.11 Å². The van der Waals surface area contributed by atoms with Crippen molar-refractivity contribution in [1.29, 1.82) is 0 Å². The number of aliphatic hydroxyl groups excluding tert-OH is 1. The minimum Gasteiger partial charge on any atom is -0.493 e. The first-order chi connectivity index (χ1) is 7.65. The molecule has 1 aromatic carbocycles. The summed E-state index contributed by atoms with van der Waals surface area (Å²) in [5, 5.41) is 9.63. The fourth-order valence-corrected chi connectivity index (χ4v) is 2.18. The van der Waals surface area contributed by atoms with Crippen molar-refractivity contribution in [3.05, 3.63) is 27.4 Å². The summed E-state index contributed by atoms with van der Waals surface area (Å²) in [6.45, 7) is 0.113. The zero-order valence-electron chi connectivity index (χ0n) is 8.60. The van der Waals surface area contributed by atoms with Crippen LogP contribution in [0.15, 0.2) is 21.3 Å². The van der Waals surface area contributed by atoms with Crippen LogP contribution in [0.3, 0.4) is 0 Å². The highest BCUT2D eigenvalue weighted by Gasteiger charge is 2.14. The fraction of sp³-hybridized carbons (Fsp3) is 0.300. The van der Waals surface area contributed by atoms with Crippen molar-refractivity contribution in [2.24, 2.45) is 5.73 Å². The first-order valence-corrected chi connectivity index (χ1v) is 5.47. The molecule has 0 aliphatic heterocycles. The largest absolute Gasteiger partial charge is 0.493 e. The second-order valence-electron chi connectivity index (χ2n) is 3.26. The SMILES string of the molecule is COc1cc(C(O)CN)cc2sc(=O)oc12. The maximum Gasteiger partial charge on any atom is 0.396 e. The van der Waals surface area contributed by atoms with Gasteiger partial charge in [-0.3, -0.25) is 0 Å². The van der Waals surface area contributed by atoms with Crippen LogP contribution in [0.4, 0.5) is 0 Å². The average molecular weight is 241 g/mol. The number of rotatable bonds is 3. The van der Waals surface area contributed by atoms with Crippen LogP contribution in [0, 0.1) is 0 Å². The molecule has 0 saturated heterocycles. The third-order valence-corrected chi connectivity index (χ3v) is 3.02. The monoisotopic (exact) mass is 241 g/mol. The van der Waals surface area contributed by atoms with E-state index in [4.69, 9.17) is 14.9 Å². The van der Waals surface area contributed by atoms with Crippen LogP contribution in [-0.2, 0) is 0 Å². The first kappa shape index (κ1) is 11.1. The van der Waals surface area contributed by atoms with Gasteiger partial charge in [0.2, 0.25) is 0 Å². The van der Waals surface area contributed by atoms with Gasteiger partial charge in [-0.15, -0.1) is 0 Å². The summed E-state index contributed by atoms with van der Waals surface area (Å²) in [5.41, 5.74) is 6.39. The second-order valence-corrected chi connectivity index (χ2v) is 4.23. The lowest BCUT2D eigenvalue weighted by atomic mass is 10.1. The second kappa shape index (κ2) is 4.25. The number of ether oxygens (including phenoxy) is 1. The summed E-state index contributed by atoms with van der Waals surface area (Å²) >= 11 is 0.970. The average Bonchev–Trinajstić information content (AvgIpc) is 2.66. The van der Waals surface area contributed by atoms with Gasteiger partial charge >= 0.3 is 4.94 Å². The van der Waals surface area contributed by atoms with Crippen molar-refractivity contribution < 1.29 is 14.3 Å². The van der Waals surface area contributed by atoms with Gasteiger partial charge in [0, 0.05) is 6.54 Å². The Morgan fingerprint density at radius 1 is 1.62 bits per heavy atom. The Kier molecular flexibility index (Phi) is 2.95. The first-order valence-electron chi connectivity index (χ1n) is 4.65. The zero-order chi connectivity index (χ0) is 11.7. The minimum atomic E-state index is -0.768. The molecule has 2 aromatic rings. The van der Waals surface area contributed by atoms with Crippen molar-refractivity contribution in [3.63, 3.8) is 0 Å². The zero-order valence-corrected chi connectivity index (χ0v) is 9.41. The van der Waals surface area contributed by atoms with Crippen molar-refractivity contribution in [1.82, 2.24) is 0 Å². The molecule has 3 N–H and O–H groups in total. The lowest BCUT2D eigenvalue weighted by Gasteiger charge is -2.09. The molecule has 0 bridgehead atoms. The van der Waals surface area contributed by atoms with E-state index in [0.29, 0.717) is 21.6 Å². The Hall–Kier alpha value is -1.37. The third kappa shape index (κ3) is 1.82. The Bertz CT molecular complexity index is 559. The van der Waals surface area contributed by atoms with E-state index in [9.17, 15) is 9.90 Å². The van der Waals surface area contributed by atoms with E-state index in [1.807, 2.05) is 0 Å². The molecule has 5 nitrogen and oxygen atoms in total. The summed E-state index contributed by atoms with van der Waals surface area (Å²) < 4.78 is 10.7. The molecule has 0 saturated carbocycles. The van der Waals surface area contributed by atoms with E-state index in [-0.39, 0.29) is 6.54 Å². The smallest absolute Gasteiger partial charge is 0.396 e. The lowest BCUT2D eigenvalue weighted by molar-refractivity contribution is 0.186. The van der Waals surface area contributed by atoms with Crippen LogP contribution in [0.2, 0.25) is 0 Å². The summed E-state index contributed by atoms with van der Waals surface area (Å²) in [6, 6.07) is 3.31. The molecule has 1 unspecified atom stereocenters. The Balaban J connectivity index is 2.67. The molecule has 0 spiro atoms. The van der Waals surface area contributed by atoms with Gasteiger partial charge in [0.25, 0.3) is 0 Å². The van der Waals surface area contributed by atoms with E-state index in [0.717, 1.165) is 11.3 Å². The molecule has 16 heavy (non-hydrogen) atoms. The minimum absolute atomic E-state index is 0.113. The lowest BCUT2D eigenvalue weighted by Crippen LogP contribution is -2.11. The molecule has 2 rings (SSSR count). The third-order valence-electron chi connectivity index (χ3n) is 2.25. The molecule has 1 atom stereocenters. The number of hydrogen-bond donors (Lipinski definition) is 2. The summed E-state index contributed by atoms with van der Waals surface area (Å²) in [5.74, 6) is 0.429. The standard InChI is InChI=1S/C10H11NO4S/c1-14-7-2-5(6(12)4-11)3-8-9(7)15-10(13)16-8/h2-3,6,12H,4,11H2,1H3. The number of fused-ring (bicyclic) bond motifs is 1. The number of aliphatic hydroxyl groups is 1.